The van der Waals surface area contributed by atoms with Crippen molar-refractivity contribution in [1.29, 1.82) is 0 Å². The van der Waals surface area contributed by atoms with E-state index < -0.39 is 0 Å². The van der Waals surface area contributed by atoms with Crippen LogP contribution in [0.25, 0.3) is 10.8 Å². The summed E-state index contributed by atoms with van der Waals surface area (Å²) in [6.07, 6.45) is 1.79. The first kappa shape index (κ1) is 10.9. The lowest BCUT2D eigenvalue weighted by Gasteiger charge is -2.18. The Morgan fingerprint density at radius 2 is 1.88 bits per heavy atom. The van der Waals surface area contributed by atoms with Crippen LogP contribution >= 0.6 is 0 Å². The molecule has 0 radical (unpaired) electrons. The van der Waals surface area contributed by atoms with E-state index >= 15 is 0 Å². The fourth-order valence-electron chi connectivity index (χ4n) is 1.52. The first-order valence-corrected chi connectivity index (χ1v) is 5.65. The predicted octanol–water partition coefficient (Wildman–Crippen LogP) is 3.09. The summed E-state index contributed by atoms with van der Waals surface area (Å²) in [7, 11) is 0. The highest BCUT2D eigenvalue weighted by molar-refractivity contribution is 5.90. The van der Waals surface area contributed by atoms with Gasteiger partial charge in [0, 0.05) is 16.8 Å². The summed E-state index contributed by atoms with van der Waals surface area (Å²) in [5, 5.41) is 13.8. The van der Waals surface area contributed by atoms with Crippen molar-refractivity contribution in [2.45, 2.75) is 26.8 Å². The Balaban J connectivity index is 2.37. The molecule has 3 heteroatoms. The van der Waals surface area contributed by atoms with Crippen LogP contribution in [-0.4, -0.2) is 16.2 Å². The maximum Gasteiger partial charge on any atom is 0.156 e. The zero-order valence-corrected chi connectivity index (χ0v) is 9.94. The zero-order chi connectivity index (χ0) is 11.5. The fraction of sp³-hybridized carbons (Fsp3) is 0.385. The van der Waals surface area contributed by atoms with Gasteiger partial charge >= 0.3 is 0 Å². The molecule has 0 saturated heterocycles. The third-order valence-electron chi connectivity index (χ3n) is 2.93. The molecule has 1 N–H and O–H groups in total. The molecule has 2 rings (SSSR count). The monoisotopic (exact) mass is 215 g/mol. The van der Waals surface area contributed by atoms with Crippen LogP contribution in [0.4, 0.5) is 5.82 Å². The summed E-state index contributed by atoms with van der Waals surface area (Å²) >= 11 is 0. The maximum absolute atomic E-state index is 4.17. The highest BCUT2D eigenvalue weighted by atomic mass is 15.2. The van der Waals surface area contributed by atoms with E-state index in [0.29, 0.717) is 12.0 Å². The summed E-state index contributed by atoms with van der Waals surface area (Å²) in [4.78, 5) is 0. The summed E-state index contributed by atoms with van der Waals surface area (Å²) in [5.41, 5.74) is 0. The number of anilines is 1. The molecule has 0 aliphatic carbocycles. The van der Waals surface area contributed by atoms with E-state index in [1.165, 1.54) is 0 Å². The lowest BCUT2D eigenvalue weighted by atomic mass is 10.1. The third-order valence-corrected chi connectivity index (χ3v) is 2.93. The molecule has 1 atom stereocenters. The van der Waals surface area contributed by atoms with Crippen molar-refractivity contribution < 1.29 is 0 Å². The van der Waals surface area contributed by atoms with Crippen molar-refractivity contribution in [3.8, 4) is 0 Å². The Labute approximate surface area is 95.9 Å². The molecule has 1 heterocycles. The molecule has 3 nitrogen and oxygen atoms in total. The van der Waals surface area contributed by atoms with E-state index in [4.69, 9.17) is 0 Å². The smallest absolute Gasteiger partial charge is 0.156 e. The Morgan fingerprint density at radius 3 is 2.62 bits per heavy atom. The quantitative estimate of drug-likeness (QED) is 0.855. The number of fused-ring (bicyclic) bond motifs is 1. The second-order valence-electron chi connectivity index (χ2n) is 4.46. The van der Waals surface area contributed by atoms with E-state index in [2.05, 4.69) is 48.4 Å². The van der Waals surface area contributed by atoms with Gasteiger partial charge in [0.05, 0.1) is 6.20 Å². The maximum atomic E-state index is 4.17. The molecule has 0 aliphatic rings. The number of aromatic nitrogens is 2. The summed E-state index contributed by atoms with van der Waals surface area (Å²) in [6.45, 7) is 6.54. The van der Waals surface area contributed by atoms with E-state index in [-0.39, 0.29) is 0 Å². The van der Waals surface area contributed by atoms with Crippen LogP contribution in [0.3, 0.4) is 0 Å². The van der Waals surface area contributed by atoms with Gasteiger partial charge in [-0.3, -0.25) is 0 Å². The van der Waals surface area contributed by atoms with E-state index in [0.717, 1.165) is 16.6 Å². The van der Waals surface area contributed by atoms with Crippen molar-refractivity contribution in [1.82, 2.24) is 10.2 Å². The average Bonchev–Trinajstić information content (AvgIpc) is 2.29. The van der Waals surface area contributed by atoms with Gasteiger partial charge in [0.25, 0.3) is 0 Å². The van der Waals surface area contributed by atoms with Crippen molar-refractivity contribution >= 4 is 16.6 Å². The molecule has 0 saturated carbocycles. The molecular formula is C13H17N3. The second kappa shape index (κ2) is 4.47. The normalized spacial score (nSPS) is 13.0. The Bertz CT molecular complexity index is 474. The SMILES string of the molecule is CC(C)C(C)Nc1nncc2ccccc12. The topological polar surface area (TPSA) is 37.8 Å². The van der Waals surface area contributed by atoms with Gasteiger partial charge < -0.3 is 5.32 Å². The highest BCUT2D eigenvalue weighted by Gasteiger charge is 2.09. The van der Waals surface area contributed by atoms with Crippen molar-refractivity contribution in [3.05, 3.63) is 30.5 Å². The molecule has 1 unspecified atom stereocenters. The van der Waals surface area contributed by atoms with Crippen LogP contribution in [-0.2, 0) is 0 Å². The summed E-state index contributed by atoms with van der Waals surface area (Å²) < 4.78 is 0. The van der Waals surface area contributed by atoms with Gasteiger partial charge in [-0.1, -0.05) is 38.1 Å². The molecule has 1 aromatic carbocycles. The predicted molar refractivity (Wildman–Crippen MR) is 67.5 cm³/mol. The zero-order valence-electron chi connectivity index (χ0n) is 9.94. The van der Waals surface area contributed by atoms with E-state index in [1.807, 2.05) is 12.1 Å². The number of nitrogens with one attached hydrogen (secondary N) is 1. The molecule has 0 spiro atoms. The first-order chi connectivity index (χ1) is 7.68. The van der Waals surface area contributed by atoms with Crippen LogP contribution < -0.4 is 5.32 Å². The molecule has 0 aliphatic heterocycles. The minimum atomic E-state index is 0.389. The molecule has 0 bridgehead atoms. The molecule has 84 valence electrons. The average molecular weight is 215 g/mol. The fourth-order valence-corrected chi connectivity index (χ4v) is 1.52. The van der Waals surface area contributed by atoms with Gasteiger partial charge in [0.2, 0.25) is 0 Å². The first-order valence-electron chi connectivity index (χ1n) is 5.65. The van der Waals surface area contributed by atoms with Crippen LogP contribution in [0, 0.1) is 5.92 Å². The standard InChI is InChI=1S/C13H17N3/c1-9(2)10(3)15-13-12-7-5-4-6-11(12)8-14-16-13/h4-10H,1-3H3,(H,15,16). The van der Waals surface area contributed by atoms with Crippen molar-refractivity contribution in [2.24, 2.45) is 5.92 Å². The van der Waals surface area contributed by atoms with Gasteiger partial charge in [0.1, 0.15) is 0 Å². The number of rotatable bonds is 3. The molecular weight excluding hydrogens is 198 g/mol. The third kappa shape index (κ3) is 2.13. The minimum absolute atomic E-state index is 0.389. The lowest BCUT2D eigenvalue weighted by molar-refractivity contribution is 0.558. The molecule has 16 heavy (non-hydrogen) atoms. The number of benzene rings is 1. The van der Waals surface area contributed by atoms with Gasteiger partial charge in [-0.05, 0) is 12.8 Å². The molecule has 2 aromatic rings. The summed E-state index contributed by atoms with van der Waals surface area (Å²) in [6, 6.07) is 8.55. The number of hydrogen-bond acceptors (Lipinski definition) is 3. The van der Waals surface area contributed by atoms with Crippen LogP contribution in [0.2, 0.25) is 0 Å². The van der Waals surface area contributed by atoms with Crippen molar-refractivity contribution in [2.75, 3.05) is 5.32 Å². The Hall–Kier alpha value is -1.64. The van der Waals surface area contributed by atoms with Gasteiger partial charge in [-0.2, -0.15) is 5.10 Å². The molecule has 1 aromatic heterocycles. The van der Waals surface area contributed by atoms with E-state index in [9.17, 15) is 0 Å². The summed E-state index contributed by atoms with van der Waals surface area (Å²) in [5.74, 6) is 1.44. The van der Waals surface area contributed by atoms with Crippen LogP contribution in [0.5, 0.6) is 0 Å². The molecule has 0 amide bonds. The second-order valence-corrected chi connectivity index (χ2v) is 4.46. The largest absolute Gasteiger partial charge is 0.365 e. The number of nitrogens with zero attached hydrogens (tertiary/aromatic N) is 2. The molecule has 0 fully saturated rings. The van der Waals surface area contributed by atoms with Gasteiger partial charge in [0.15, 0.2) is 5.82 Å². The lowest BCUT2D eigenvalue weighted by Crippen LogP contribution is -2.22. The van der Waals surface area contributed by atoms with Crippen LogP contribution in [0.1, 0.15) is 20.8 Å². The van der Waals surface area contributed by atoms with Crippen molar-refractivity contribution in [3.63, 3.8) is 0 Å². The Morgan fingerprint density at radius 1 is 1.12 bits per heavy atom. The van der Waals surface area contributed by atoms with Gasteiger partial charge in [-0.25, -0.2) is 0 Å². The highest BCUT2D eigenvalue weighted by Crippen LogP contribution is 2.20. The van der Waals surface area contributed by atoms with E-state index in [1.54, 1.807) is 6.20 Å². The van der Waals surface area contributed by atoms with Crippen LogP contribution in [0.15, 0.2) is 30.5 Å². The van der Waals surface area contributed by atoms with Gasteiger partial charge in [-0.15, -0.1) is 5.10 Å². The Kier molecular flexibility index (Phi) is 3.04. The number of hydrogen-bond donors (Lipinski definition) is 1. The minimum Gasteiger partial charge on any atom is -0.365 e.